The topological polar surface area (TPSA) is 61.8 Å². The molecule has 1 atom stereocenters. The van der Waals surface area contributed by atoms with E-state index in [2.05, 4.69) is 18.3 Å². The van der Waals surface area contributed by atoms with Crippen molar-refractivity contribution in [1.29, 1.82) is 5.26 Å². The Labute approximate surface area is 90.9 Å². The highest BCUT2D eigenvalue weighted by Crippen LogP contribution is 2.13. The predicted octanol–water partition coefficient (Wildman–Crippen LogP) is 2.10. The summed E-state index contributed by atoms with van der Waals surface area (Å²) in [6.07, 6.45) is 1.99. The van der Waals surface area contributed by atoms with E-state index in [0.29, 0.717) is 18.2 Å². The lowest BCUT2D eigenvalue weighted by Gasteiger charge is -2.17. The van der Waals surface area contributed by atoms with Crippen molar-refractivity contribution in [3.63, 3.8) is 0 Å². The first kappa shape index (κ1) is 11.5. The van der Waals surface area contributed by atoms with Crippen molar-refractivity contribution in [2.24, 2.45) is 5.73 Å². The van der Waals surface area contributed by atoms with Gasteiger partial charge in [0.1, 0.15) is 0 Å². The van der Waals surface area contributed by atoms with E-state index < -0.39 is 0 Å². The Bertz CT molecular complexity index is 341. The van der Waals surface area contributed by atoms with Gasteiger partial charge in [-0.1, -0.05) is 13.0 Å². The maximum Gasteiger partial charge on any atom is 0.0992 e. The molecule has 1 unspecified atom stereocenters. The minimum atomic E-state index is 0.393. The van der Waals surface area contributed by atoms with Crippen LogP contribution in [0, 0.1) is 11.3 Å². The molecule has 3 N–H and O–H groups in total. The third-order valence-electron chi connectivity index (χ3n) is 2.37. The molecule has 15 heavy (non-hydrogen) atoms. The minimum Gasteiger partial charge on any atom is -0.382 e. The van der Waals surface area contributed by atoms with E-state index >= 15 is 0 Å². The molecule has 0 aliphatic carbocycles. The number of anilines is 1. The molecule has 1 aromatic rings. The summed E-state index contributed by atoms with van der Waals surface area (Å²) in [4.78, 5) is 0. The number of benzene rings is 1. The van der Waals surface area contributed by atoms with E-state index in [4.69, 9.17) is 11.0 Å². The Morgan fingerprint density at radius 1 is 1.53 bits per heavy atom. The molecular formula is C12H17N3. The second-order valence-electron chi connectivity index (χ2n) is 3.52. The summed E-state index contributed by atoms with van der Waals surface area (Å²) in [6, 6.07) is 10.0. The van der Waals surface area contributed by atoms with Crippen molar-refractivity contribution >= 4 is 5.69 Å². The summed E-state index contributed by atoms with van der Waals surface area (Å²) < 4.78 is 0. The summed E-state index contributed by atoms with van der Waals surface area (Å²) in [7, 11) is 0. The summed E-state index contributed by atoms with van der Waals surface area (Å²) >= 11 is 0. The van der Waals surface area contributed by atoms with Crippen molar-refractivity contribution < 1.29 is 0 Å². The molecular weight excluding hydrogens is 186 g/mol. The molecule has 3 heteroatoms. The zero-order valence-electron chi connectivity index (χ0n) is 9.03. The summed E-state index contributed by atoms with van der Waals surface area (Å²) in [6.45, 7) is 2.81. The lowest BCUT2D eigenvalue weighted by Crippen LogP contribution is -2.22. The van der Waals surface area contributed by atoms with Crippen LogP contribution >= 0.6 is 0 Å². The second-order valence-corrected chi connectivity index (χ2v) is 3.52. The Kier molecular flexibility index (Phi) is 4.65. The van der Waals surface area contributed by atoms with Gasteiger partial charge < -0.3 is 11.1 Å². The molecule has 80 valence electrons. The summed E-state index contributed by atoms with van der Waals surface area (Å²) in [5.74, 6) is 0. The normalized spacial score (nSPS) is 11.8. The highest BCUT2D eigenvalue weighted by atomic mass is 14.9. The van der Waals surface area contributed by atoms with Gasteiger partial charge in [-0.15, -0.1) is 0 Å². The molecule has 1 rings (SSSR count). The number of hydrogen-bond donors (Lipinski definition) is 2. The van der Waals surface area contributed by atoms with Gasteiger partial charge in [-0.2, -0.15) is 5.26 Å². The standard InChI is InChI=1S/C12H17N3/c1-2-11(6-7-13)15-12-5-3-4-10(8-12)9-14/h3-5,8,11,15H,2,6-7,13H2,1H3. The van der Waals surface area contributed by atoms with Crippen LogP contribution in [0.2, 0.25) is 0 Å². The van der Waals surface area contributed by atoms with Crippen LogP contribution in [-0.4, -0.2) is 12.6 Å². The molecule has 0 saturated carbocycles. The Balaban J connectivity index is 2.66. The average Bonchev–Trinajstić information content (AvgIpc) is 2.29. The fraction of sp³-hybridized carbons (Fsp3) is 0.417. The van der Waals surface area contributed by atoms with Crippen LogP contribution in [0.4, 0.5) is 5.69 Å². The number of hydrogen-bond acceptors (Lipinski definition) is 3. The van der Waals surface area contributed by atoms with Crippen LogP contribution in [0.15, 0.2) is 24.3 Å². The van der Waals surface area contributed by atoms with E-state index in [-0.39, 0.29) is 0 Å². The molecule has 0 amide bonds. The molecule has 0 bridgehead atoms. The molecule has 3 nitrogen and oxygen atoms in total. The maximum atomic E-state index is 8.76. The van der Waals surface area contributed by atoms with Crippen molar-refractivity contribution in [2.75, 3.05) is 11.9 Å². The maximum absolute atomic E-state index is 8.76. The lowest BCUT2D eigenvalue weighted by atomic mass is 10.1. The van der Waals surface area contributed by atoms with E-state index in [1.54, 1.807) is 6.07 Å². The molecule has 0 aromatic heterocycles. The van der Waals surface area contributed by atoms with E-state index in [1.807, 2.05) is 18.2 Å². The second kappa shape index (κ2) is 6.05. The van der Waals surface area contributed by atoms with Gasteiger partial charge in [0.2, 0.25) is 0 Å². The fourth-order valence-electron chi connectivity index (χ4n) is 1.49. The third kappa shape index (κ3) is 3.61. The van der Waals surface area contributed by atoms with Crippen LogP contribution in [-0.2, 0) is 0 Å². The van der Waals surface area contributed by atoms with Gasteiger partial charge >= 0.3 is 0 Å². The smallest absolute Gasteiger partial charge is 0.0992 e. The highest BCUT2D eigenvalue weighted by molar-refractivity contribution is 5.49. The lowest BCUT2D eigenvalue weighted by molar-refractivity contribution is 0.642. The van der Waals surface area contributed by atoms with Gasteiger partial charge in [-0.25, -0.2) is 0 Å². The SMILES string of the molecule is CCC(CCN)Nc1cccc(C#N)c1. The molecule has 0 heterocycles. The first-order chi connectivity index (χ1) is 7.30. The van der Waals surface area contributed by atoms with E-state index in [0.717, 1.165) is 18.5 Å². The number of rotatable bonds is 5. The number of nitrogens with two attached hydrogens (primary N) is 1. The van der Waals surface area contributed by atoms with Gasteiger partial charge in [-0.05, 0) is 37.6 Å². The molecule has 0 radical (unpaired) electrons. The van der Waals surface area contributed by atoms with Gasteiger partial charge in [0.15, 0.2) is 0 Å². The monoisotopic (exact) mass is 203 g/mol. The molecule has 0 aliphatic rings. The van der Waals surface area contributed by atoms with Gasteiger partial charge in [-0.3, -0.25) is 0 Å². The number of nitriles is 1. The van der Waals surface area contributed by atoms with Gasteiger partial charge in [0, 0.05) is 11.7 Å². The van der Waals surface area contributed by atoms with Crippen LogP contribution in [0.5, 0.6) is 0 Å². The fourth-order valence-corrected chi connectivity index (χ4v) is 1.49. The molecule has 0 aliphatic heterocycles. The summed E-state index contributed by atoms with van der Waals surface area (Å²) in [5.41, 5.74) is 7.20. The van der Waals surface area contributed by atoms with Crippen LogP contribution < -0.4 is 11.1 Å². The largest absolute Gasteiger partial charge is 0.382 e. The van der Waals surface area contributed by atoms with Crippen LogP contribution in [0.1, 0.15) is 25.3 Å². The highest BCUT2D eigenvalue weighted by Gasteiger charge is 2.04. The zero-order valence-corrected chi connectivity index (χ0v) is 9.03. The third-order valence-corrected chi connectivity index (χ3v) is 2.37. The van der Waals surface area contributed by atoms with Crippen molar-refractivity contribution in [3.8, 4) is 6.07 Å². The van der Waals surface area contributed by atoms with Crippen molar-refractivity contribution in [2.45, 2.75) is 25.8 Å². The first-order valence-electron chi connectivity index (χ1n) is 5.27. The molecule has 0 saturated heterocycles. The Morgan fingerprint density at radius 3 is 2.93 bits per heavy atom. The van der Waals surface area contributed by atoms with Crippen molar-refractivity contribution in [3.05, 3.63) is 29.8 Å². The first-order valence-corrected chi connectivity index (χ1v) is 5.27. The Hall–Kier alpha value is -1.53. The quantitative estimate of drug-likeness (QED) is 0.770. The van der Waals surface area contributed by atoms with E-state index in [1.165, 1.54) is 0 Å². The Morgan fingerprint density at radius 2 is 2.33 bits per heavy atom. The number of nitrogens with one attached hydrogen (secondary N) is 1. The van der Waals surface area contributed by atoms with Crippen LogP contribution in [0.3, 0.4) is 0 Å². The van der Waals surface area contributed by atoms with E-state index in [9.17, 15) is 0 Å². The van der Waals surface area contributed by atoms with Gasteiger partial charge in [0.25, 0.3) is 0 Å². The van der Waals surface area contributed by atoms with Crippen LogP contribution in [0.25, 0.3) is 0 Å². The molecule has 1 aromatic carbocycles. The predicted molar refractivity (Wildman–Crippen MR) is 62.5 cm³/mol. The van der Waals surface area contributed by atoms with Gasteiger partial charge in [0.05, 0.1) is 11.6 Å². The average molecular weight is 203 g/mol. The summed E-state index contributed by atoms with van der Waals surface area (Å²) in [5, 5.41) is 12.1. The molecule has 0 spiro atoms. The molecule has 0 fully saturated rings. The zero-order chi connectivity index (χ0) is 11.1. The number of nitrogens with zero attached hydrogens (tertiary/aromatic N) is 1. The van der Waals surface area contributed by atoms with Crippen molar-refractivity contribution in [1.82, 2.24) is 0 Å². The minimum absolute atomic E-state index is 0.393.